The Morgan fingerprint density at radius 1 is 1.17 bits per heavy atom. The van der Waals surface area contributed by atoms with E-state index in [9.17, 15) is 23.4 Å². The van der Waals surface area contributed by atoms with E-state index in [1.807, 2.05) is 6.07 Å². The summed E-state index contributed by atoms with van der Waals surface area (Å²) >= 11 is 0. The third-order valence-corrected chi connectivity index (χ3v) is 8.40. The van der Waals surface area contributed by atoms with Crippen LogP contribution in [0.15, 0.2) is 36.4 Å². The predicted octanol–water partition coefficient (Wildman–Crippen LogP) is 5.86. The quantitative estimate of drug-likeness (QED) is 0.473. The number of aromatic hydroxyl groups is 1. The summed E-state index contributed by atoms with van der Waals surface area (Å²) in [4.78, 5) is 0. The lowest BCUT2D eigenvalue weighted by Crippen LogP contribution is -2.46. The zero-order chi connectivity index (χ0) is 25.8. The molecule has 3 aliphatic rings. The number of nitrogens with one attached hydrogen (secondary N) is 1. The summed E-state index contributed by atoms with van der Waals surface area (Å²) < 4.78 is 53.6. The van der Waals surface area contributed by atoms with E-state index in [4.69, 9.17) is 14.9 Å². The van der Waals surface area contributed by atoms with Gasteiger partial charge in [-0.15, -0.1) is 13.2 Å². The number of rotatable bonds is 5. The summed E-state index contributed by atoms with van der Waals surface area (Å²) in [5.41, 5.74) is 2.53. The van der Waals surface area contributed by atoms with Crippen molar-refractivity contribution in [2.45, 2.75) is 63.7 Å². The Bertz CT molecular complexity index is 1170. The van der Waals surface area contributed by atoms with Gasteiger partial charge >= 0.3 is 6.36 Å². The highest BCUT2D eigenvalue weighted by molar-refractivity contribution is 5.88. The van der Waals surface area contributed by atoms with Crippen LogP contribution in [0.4, 0.5) is 13.2 Å². The van der Waals surface area contributed by atoms with Gasteiger partial charge in [-0.25, -0.2) is 0 Å². The Morgan fingerprint density at radius 3 is 2.67 bits per heavy atom. The van der Waals surface area contributed by atoms with Gasteiger partial charge in [0.25, 0.3) is 0 Å². The van der Waals surface area contributed by atoms with Crippen LogP contribution in [-0.4, -0.2) is 35.5 Å². The molecule has 36 heavy (non-hydrogen) atoms. The Hall–Kier alpha value is -2.78. The SMILES string of the molecule is COc1cc2c(cc1O)C(OCc1cccc(OC(F)(F)F)c1)C[C@@H]1[C@@H]2CC[C@]2(C)C(O)CC(=N)[C@@H]12. The molecule has 0 bridgehead atoms. The fraction of sp³-hybridized carbons (Fsp3) is 0.519. The van der Waals surface area contributed by atoms with Gasteiger partial charge in [0.05, 0.1) is 25.9 Å². The molecule has 2 aromatic rings. The Morgan fingerprint density at radius 2 is 1.94 bits per heavy atom. The van der Waals surface area contributed by atoms with E-state index < -0.39 is 18.6 Å². The summed E-state index contributed by atoms with van der Waals surface area (Å²) in [6.45, 7) is 2.11. The van der Waals surface area contributed by atoms with Gasteiger partial charge in [0.2, 0.25) is 0 Å². The van der Waals surface area contributed by atoms with Crippen LogP contribution in [-0.2, 0) is 11.3 Å². The lowest BCUT2D eigenvalue weighted by Gasteiger charge is -2.51. The summed E-state index contributed by atoms with van der Waals surface area (Å²) in [6, 6.07) is 9.18. The molecule has 2 unspecified atom stereocenters. The van der Waals surface area contributed by atoms with E-state index >= 15 is 0 Å². The summed E-state index contributed by atoms with van der Waals surface area (Å²) in [5.74, 6) is 0.135. The van der Waals surface area contributed by atoms with Crippen molar-refractivity contribution in [3.05, 3.63) is 53.1 Å². The molecule has 0 aromatic heterocycles. The number of benzene rings is 2. The van der Waals surface area contributed by atoms with Crippen molar-refractivity contribution < 1.29 is 37.6 Å². The van der Waals surface area contributed by atoms with E-state index in [0.717, 1.165) is 24.0 Å². The van der Waals surface area contributed by atoms with Gasteiger partial charge in [-0.05, 0) is 72.1 Å². The highest BCUT2D eigenvalue weighted by Crippen LogP contribution is 2.62. The molecule has 0 radical (unpaired) electrons. The van der Waals surface area contributed by atoms with Crippen LogP contribution in [0.5, 0.6) is 17.2 Å². The van der Waals surface area contributed by atoms with Crippen molar-refractivity contribution in [1.82, 2.24) is 0 Å². The summed E-state index contributed by atoms with van der Waals surface area (Å²) in [6.07, 6.45) is -3.20. The first kappa shape index (κ1) is 24.9. The van der Waals surface area contributed by atoms with Crippen LogP contribution >= 0.6 is 0 Å². The number of ether oxygens (including phenoxy) is 3. The number of halogens is 3. The van der Waals surface area contributed by atoms with Crippen LogP contribution in [0.2, 0.25) is 0 Å². The predicted molar refractivity (Wildman–Crippen MR) is 125 cm³/mol. The molecule has 6 atom stereocenters. The summed E-state index contributed by atoms with van der Waals surface area (Å²) in [5, 5.41) is 29.9. The van der Waals surface area contributed by atoms with E-state index in [0.29, 0.717) is 29.9 Å². The lowest BCUT2D eigenvalue weighted by atomic mass is 9.54. The minimum absolute atomic E-state index is 0.00597. The monoisotopic (exact) mass is 505 g/mol. The largest absolute Gasteiger partial charge is 0.573 e. The molecule has 0 saturated heterocycles. The second kappa shape index (κ2) is 8.95. The Kier molecular flexibility index (Phi) is 6.19. The maximum Gasteiger partial charge on any atom is 0.573 e. The Labute approximate surface area is 207 Å². The highest BCUT2D eigenvalue weighted by Gasteiger charge is 2.58. The van der Waals surface area contributed by atoms with Crippen molar-refractivity contribution in [1.29, 1.82) is 5.41 Å². The second-order valence-electron chi connectivity index (χ2n) is 10.4. The standard InChI is InChI=1S/C27H30F3NO5/c1-26-7-6-16-17-10-23(34-2)21(32)9-18(17)22(11-19(16)25(26)20(31)12-24(26)33)35-13-14-4-3-5-15(8-14)36-27(28,29)30/h3-5,8-10,16,19,22,24-25,31-33H,6-7,11-13H2,1-2H3/t16-,19-,22?,24?,25-,26-/m1/s1. The molecule has 3 aliphatic carbocycles. The smallest absolute Gasteiger partial charge is 0.504 e. The molecule has 0 heterocycles. The van der Waals surface area contributed by atoms with Crippen LogP contribution in [0.1, 0.15) is 61.3 Å². The fourth-order valence-electron chi connectivity index (χ4n) is 6.77. The zero-order valence-corrected chi connectivity index (χ0v) is 20.1. The van der Waals surface area contributed by atoms with Crippen LogP contribution in [0, 0.1) is 22.7 Å². The van der Waals surface area contributed by atoms with E-state index in [2.05, 4.69) is 11.7 Å². The molecular weight excluding hydrogens is 475 g/mol. The second-order valence-corrected chi connectivity index (χ2v) is 10.4. The van der Waals surface area contributed by atoms with Gasteiger partial charge in [-0.1, -0.05) is 19.1 Å². The van der Waals surface area contributed by atoms with Gasteiger partial charge < -0.3 is 29.8 Å². The molecule has 2 saturated carbocycles. The van der Waals surface area contributed by atoms with Crippen molar-refractivity contribution >= 4 is 5.71 Å². The molecule has 2 fully saturated rings. The lowest BCUT2D eigenvalue weighted by molar-refractivity contribution is -0.274. The average Bonchev–Trinajstić information content (AvgIpc) is 3.04. The van der Waals surface area contributed by atoms with E-state index in [1.165, 1.54) is 25.3 Å². The molecule has 0 aliphatic heterocycles. The van der Waals surface area contributed by atoms with Crippen LogP contribution < -0.4 is 9.47 Å². The fourth-order valence-corrected chi connectivity index (χ4v) is 6.77. The number of hydrogen-bond donors (Lipinski definition) is 3. The van der Waals surface area contributed by atoms with E-state index in [-0.39, 0.29) is 41.3 Å². The Balaban J connectivity index is 1.46. The van der Waals surface area contributed by atoms with Gasteiger partial charge in [0.15, 0.2) is 11.5 Å². The molecule has 9 heteroatoms. The molecule has 5 rings (SSSR count). The van der Waals surface area contributed by atoms with Crippen molar-refractivity contribution in [3.8, 4) is 17.2 Å². The molecule has 194 valence electrons. The van der Waals surface area contributed by atoms with Gasteiger partial charge in [-0.3, -0.25) is 0 Å². The maximum absolute atomic E-state index is 12.6. The number of aliphatic hydroxyl groups excluding tert-OH is 1. The topological polar surface area (TPSA) is 92.0 Å². The third-order valence-electron chi connectivity index (χ3n) is 8.40. The highest BCUT2D eigenvalue weighted by atomic mass is 19.4. The average molecular weight is 506 g/mol. The van der Waals surface area contributed by atoms with E-state index in [1.54, 1.807) is 12.1 Å². The molecule has 3 N–H and O–H groups in total. The first-order valence-electron chi connectivity index (χ1n) is 12.1. The molecule has 0 spiro atoms. The molecular formula is C27H30F3NO5. The van der Waals surface area contributed by atoms with Gasteiger partial charge in [0, 0.05) is 23.5 Å². The minimum atomic E-state index is -4.78. The van der Waals surface area contributed by atoms with Crippen LogP contribution in [0.3, 0.4) is 0 Å². The third kappa shape index (κ3) is 4.32. The molecule has 6 nitrogen and oxygen atoms in total. The number of alkyl halides is 3. The van der Waals surface area contributed by atoms with Gasteiger partial charge in [0.1, 0.15) is 5.75 Å². The number of fused-ring (bicyclic) bond motifs is 5. The number of aliphatic hydroxyl groups is 1. The minimum Gasteiger partial charge on any atom is -0.504 e. The van der Waals surface area contributed by atoms with Crippen molar-refractivity contribution in [3.63, 3.8) is 0 Å². The first-order chi connectivity index (χ1) is 17.0. The number of hydrogen-bond acceptors (Lipinski definition) is 6. The normalized spacial score (nSPS) is 31.4. The first-order valence-corrected chi connectivity index (χ1v) is 12.1. The summed E-state index contributed by atoms with van der Waals surface area (Å²) in [7, 11) is 1.49. The van der Waals surface area contributed by atoms with Crippen LogP contribution in [0.25, 0.3) is 0 Å². The number of phenolic OH excluding ortho intramolecular Hbond substituents is 1. The molecule has 2 aromatic carbocycles. The maximum atomic E-state index is 12.6. The van der Waals surface area contributed by atoms with Gasteiger partial charge in [-0.2, -0.15) is 0 Å². The molecule has 0 amide bonds. The number of methoxy groups -OCH3 is 1. The number of phenols is 1. The zero-order valence-electron chi connectivity index (χ0n) is 20.1. The van der Waals surface area contributed by atoms with Crippen molar-refractivity contribution in [2.24, 2.45) is 17.3 Å². The van der Waals surface area contributed by atoms with Crippen molar-refractivity contribution in [2.75, 3.05) is 7.11 Å².